The highest BCUT2D eigenvalue weighted by Crippen LogP contribution is 2.30. The van der Waals surface area contributed by atoms with Gasteiger partial charge in [0.2, 0.25) is 5.91 Å². The molecule has 3 heterocycles. The van der Waals surface area contributed by atoms with Crippen LogP contribution >= 0.6 is 11.3 Å². The molecule has 1 aliphatic rings. The topological polar surface area (TPSA) is 91.3 Å². The van der Waals surface area contributed by atoms with Crippen molar-refractivity contribution in [1.29, 1.82) is 0 Å². The van der Waals surface area contributed by atoms with Crippen LogP contribution in [0, 0.1) is 5.82 Å². The summed E-state index contributed by atoms with van der Waals surface area (Å²) in [5, 5.41) is 4.20. The van der Waals surface area contributed by atoms with Crippen LogP contribution in [0.25, 0.3) is 11.0 Å². The number of hydrogen-bond donors (Lipinski definition) is 1. The number of anilines is 1. The number of rotatable bonds is 6. The number of nitrogens with zero attached hydrogens (tertiary/aromatic N) is 5. The molecule has 5 rings (SSSR count). The van der Waals surface area contributed by atoms with Gasteiger partial charge in [0.25, 0.3) is 5.91 Å². The predicted octanol–water partition coefficient (Wildman–Crippen LogP) is 3.96. The lowest BCUT2D eigenvalue weighted by Gasteiger charge is -2.31. The maximum atomic E-state index is 13.1. The molecule has 184 valence electrons. The standard InChI is InChI=1S/C26H25FN6O2S/c1-32(23-15-28-20-4-2-3-5-21(20)29-23)31-25(35)22-16-36-26(30-22)18-10-12-33(13-11-18)24(34)14-17-6-8-19(27)9-7-17/h2-9,15-16,18H,10-14H2,1H3,(H,31,35). The molecule has 0 saturated carbocycles. The Labute approximate surface area is 211 Å². The summed E-state index contributed by atoms with van der Waals surface area (Å²) in [7, 11) is 1.71. The summed E-state index contributed by atoms with van der Waals surface area (Å²) in [5.41, 5.74) is 5.49. The van der Waals surface area contributed by atoms with E-state index in [0.717, 1.165) is 34.4 Å². The third-order valence-corrected chi connectivity index (χ3v) is 7.28. The average molecular weight is 505 g/mol. The van der Waals surface area contributed by atoms with Crippen LogP contribution in [-0.2, 0) is 11.2 Å². The Balaban J connectivity index is 1.15. The fraction of sp³-hybridized carbons (Fsp3) is 0.269. The lowest BCUT2D eigenvalue weighted by atomic mass is 9.97. The lowest BCUT2D eigenvalue weighted by Crippen LogP contribution is -2.40. The van der Waals surface area contributed by atoms with Crippen molar-refractivity contribution in [1.82, 2.24) is 25.3 Å². The summed E-state index contributed by atoms with van der Waals surface area (Å²) in [6.45, 7) is 1.27. The second kappa shape index (κ2) is 10.4. The van der Waals surface area contributed by atoms with Crippen LogP contribution in [0.15, 0.2) is 60.1 Å². The Hall–Kier alpha value is -3.92. The molecule has 2 aromatic heterocycles. The van der Waals surface area contributed by atoms with Crippen molar-refractivity contribution in [2.45, 2.75) is 25.2 Å². The first-order valence-electron chi connectivity index (χ1n) is 11.7. The molecule has 1 fully saturated rings. The summed E-state index contributed by atoms with van der Waals surface area (Å²) >= 11 is 1.47. The molecule has 0 spiro atoms. The van der Waals surface area contributed by atoms with Gasteiger partial charge < -0.3 is 4.90 Å². The SMILES string of the molecule is CN(NC(=O)c1csc(C2CCN(C(=O)Cc3ccc(F)cc3)CC2)n1)c1cnc2ccccc2n1. The van der Waals surface area contributed by atoms with Gasteiger partial charge in [-0.2, -0.15) is 0 Å². The molecular weight excluding hydrogens is 479 g/mol. The second-order valence-corrected chi connectivity index (χ2v) is 9.64. The van der Waals surface area contributed by atoms with Gasteiger partial charge in [-0.1, -0.05) is 24.3 Å². The van der Waals surface area contributed by atoms with E-state index in [9.17, 15) is 14.0 Å². The fourth-order valence-corrected chi connectivity index (χ4v) is 5.19. The van der Waals surface area contributed by atoms with Crippen molar-refractivity contribution >= 4 is 40.0 Å². The number of benzene rings is 2. The number of hydrogen-bond acceptors (Lipinski definition) is 7. The van der Waals surface area contributed by atoms with Crippen LogP contribution in [0.1, 0.15) is 39.8 Å². The quantitative estimate of drug-likeness (QED) is 0.400. The minimum atomic E-state index is -0.318. The number of para-hydroxylation sites is 2. The van der Waals surface area contributed by atoms with E-state index < -0.39 is 0 Å². The van der Waals surface area contributed by atoms with E-state index in [1.54, 1.807) is 30.8 Å². The molecule has 0 radical (unpaired) electrons. The first-order chi connectivity index (χ1) is 17.5. The molecule has 0 aliphatic carbocycles. The van der Waals surface area contributed by atoms with E-state index in [4.69, 9.17) is 0 Å². The predicted molar refractivity (Wildman–Crippen MR) is 136 cm³/mol. The summed E-state index contributed by atoms with van der Waals surface area (Å²) < 4.78 is 13.1. The van der Waals surface area contributed by atoms with Crippen molar-refractivity contribution in [2.24, 2.45) is 0 Å². The van der Waals surface area contributed by atoms with E-state index in [-0.39, 0.29) is 30.0 Å². The number of carbonyl (C=O) groups excluding carboxylic acids is 2. The Morgan fingerprint density at radius 2 is 1.81 bits per heavy atom. The summed E-state index contributed by atoms with van der Waals surface area (Å²) in [6.07, 6.45) is 3.45. The molecule has 4 aromatic rings. The van der Waals surface area contributed by atoms with E-state index >= 15 is 0 Å². The van der Waals surface area contributed by atoms with Crippen molar-refractivity contribution in [3.05, 3.63) is 82.2 Å². The molecule has 1 aliphatic heterocycles. The maximum absolute atomic E-state index is 13.1. The molecule has 0 unspecified atom stereocenters. The minimum absolute atomic E-state index is 0.0408. The number of nitrogens with one attached hydrogen (secondary N) is 1. The second-order valence-electron chi connectivity index (χ2n) is 8.75. The molecular formula is C26H25FN6O2S. The molecule has 8 nitrogen and oxygen atoms in total. The zero-order chi connectivity index (χ0) is 25.1. The highest BCUT2D eigenvalue weighted by Gasteiger charge is 2.26. The molecule has 1 N–H and O–H groups in total. The number of amides is 2. The molecule has 2 aromatic carbocycles. The number of likely N-dealkylation sites (tertiary alicyclic amines) is 1. The van der Waals surface area contributed by atoms with E-state index in [0.29, 0.717) is 24.6 Å². The number of halogens is 1. The Morgan fingerprint density at radius 3 is 2.56 bits per heavy atom. The van der Waals surface area contributed by atoms with Crippen LogP contribution in [0.3, 0.4) is 0 Å². The third-order valence-electron chi connectivity index (χ3n) is 6.27. The van der Waals surface area contributed by atoms with Crippen molar-refractivity contribution in [3.63, 3.8) is 0 Å². The van der Waals surface area contributed by atoms with Crippen LogP contribution in [0.2, 0.25) is 0 Å². The van der Waals surface area contributed by atoms with Gasteiger partial charge in [0, 0.05) is 31.4 Å². The molecule has 10 heteroatoms. The van der Waals surface area contributed by atoms with Crippen molar-refractivity contribution < 1.29 is 14.0 Å². The zero-order valence-electron chi connectivity index (χ0n) is 19.7. The third kappa shape index (κ3) is 5.33. The number of carbonyl (C=O) groups is 2. The highest BCUT2D eigenvalue weighted by molar-refractivity contribution is 7.09. The zero-order valence-corrected chi connectivity index (χ0v) is 20.5. The normalized spacial score (nSPS) is 14.1. The van der Waals surface area contributed by atoms with Crippen molar-refractivity contribution in [2.75, 3.05) is 25.1 Å². The first kappa shape index (κ1) is 23.8. The smallest absolute Gasteiger partial charge is 0.289 e. The number of thiazole rings is 1. The van der Waals surface area contributed by atoms with E-state index in [1.807, 2.05) is 29.2 Å². The fourth-order valence-electron chi connectivity index (χ4n) is 4.22. The van der Waals surface area contributed by atoms with Gasteiger partial charge in [0.1, 0.15) is 11.5 Å². The minimum Gasteiger partial charge on any atom is -0.342 e. The van der Waals surface area contributed by atoms with Crippen LogP contribution in [0.4, 0.5) is 10.2 Å². The van der Waals surface area contributed by atoms with Gasteiger partial charge in [-0.25, -0.2) is 14.4 Å². The number of fused-ring (bicyclic) bond motifs is 1. The van der Waals surface area contributed by atoms with Gasteiger partial charge in [0.15, 0.2) is 5.82 Å². The number of aromatic nitrogens is 3. The highest BCUT2D eigenvalue weighted by atomic mass is 32.1. The molecule has 0 bridgehead atoms. The average Bonchev–Trinajstić information content (AvgIpc) is 3.40. The Morgan fingerprint density at radius 1 is 1.08 bits per heavy atom. The molecule has 1 saturated heterocycles. The van der Waals surface area contributed by atoms with Gasteiger partial charge in [-0.3, -0.25) is 25.0 Å². The molecule has 0 atom stereocenters. The van der Waals surface area contributed by atoms with Gasteiger partial charge in [-0.05, 0) is 42.7 Å². The summed E-state index contributed by atoms with van der Waals surface area (Å²) in [6, 6.07) is 13.6. The Bertz CT molecular complexity index is 1380. The lowest BCUT2D eigenvalue weighted by molar-refractivity contribution is -0.131. The van der Waals surface area contributed by atoms with Gasteiger partial charge in [-0.15, -0.1) is 11.3 Å². The van der Waals surface area contributed by atoms with Crippen LogP contribution in [0.5, 0.6) is 0 Å². The summed E-state index contributed by atoms with van der Waals surface area (Å²) in [4.78, 5) is 40.8. The largest absolute Gasteiger partial charge is 0.342 e. The monoisotopic (exact) mass is 504 g/mol. The summed E-state index contributed by atoms with van der Waals surface area (Å²) in [5.74, 6) is 0.143. The number of hydrazine groups is 1. The van der Waals surface area contributed by atoms with Crippen molar-refractivity contribution in [3.8, 4) is 0 Å². The Kier molecular flexibility index (Phi) is 6.86. The van der Waals surface area contributed by atoms with Gasteiger partial charge in [0.05, 0.1) is 28.7 Å². The maximum Gasteiger partial charge on any atom is 0.289 e. The number of piperidine rings is 1. The van der Waals surface area contributed by atoms with Gasteiger partial charge >= 0.3 is 0 Å². The first-order valence-corrected chi connectivity index (χ1v) is 12.6. The molecule has 36 heavy (non-hydrogen) atoms. The van der Waals surface area contributed by atoms with E-state index in [2.05, 4.69) is 20.4 Å². The molecule has 2 amide bonds. The van der Waals surface area contributed by atoms with Crippen LogP contribution in [-0.4, -0.2) is 51.8 Å². The van der Waals surface area contributed by atoms with E-state index in [1.165, 1.54) is 28.5 Å². The van der Waals surface area contributed by atoms with Crippen LogP contribution < -0.4 is 10.4 Å².